The number of hydrogen-bond acceptors (Lipinski definition) is 11. The molecule has 4 rings (SSSR count). The van der Waals surface area contributed by atoms with E-state index >= 15 is 0 Å². The van der Waals surface area contributed by atoms with Gasteiger partial charge >= 0.3 is 23.9 Å². The largest absolute Gasteiger partial charge is 0.497 e. The smallest absolute Gasteiger partial charge is 0.303 e. The minimum absolute atomic E-state index is 0.412. The van der Waals surface area contributed by atoms with Crippen molar-refractivity contribution in [2.45, 2.75) is 58.3 Å². The molecule has 3 aromatic rings. The molecule has 12 nitrogen and oxygen atoms in total. The first-order valence-electron chi connectivity index (χ1n) is 13.1. The van der Waals surface area contributed by atoms with Gasteiger partial charge in [0.1, 0.15) is 18.5 Å². The Balaban J connectivity index is 1.93. The third kappa shape index (κ3) is 6.60. The highest BCUT2D eigenvalue weighted by atomic mass is 16.7. The van der Waals surface area contributed by atoms with Crippen molar-refractivity contribution in [2.75, 3.05) is 13.7 Å². The summed E-state index contributed by atoms with van der Waals surface area (Å²) in [6, 6.07) is 15.6. The minimum atomic E-state index is -1.43. The number of esters is 4. The van der Waals surface area contributed by atoms with Crippen molar-refractivity contribution in [1.82, 2.24) is 4.57 Å². The first-order valence-corrected chi connectivity index (χ1v) is 13.1. The van der Waals surface area contributed by atoms with Crippen LogP contribution in [0, 0.1) is 0 Å². The first-order chi connectivity index (χ1) is 20.0. The van der Waals surface area contributed by atoms with Crippen LogP contribution < -0.4 is 10.3 Å². The van der Waals surface area contributed by atoms with Crippen molar-refractivity contribution in [3.63, 3.8) is 0 Å². The number of carbonyl (C=O) groups excluding carboxylic acids is 4. The Morgan fingerprint density at radius 3 is 1.98 bits per heavy atom. The van der Waals surface area contributed by atoms with E-state index < -0.39 is 66.7 Å². The van der Waals surface area contributed by atoms with E-state index in [1.54, 1.807) is 37.4 Å². The number of aromatic nitrogens is 1. The monoisotopic (exact) mass is 581 g/mol. The number of pyridine rings is 1. The number of methoxy groups -OCH3 is 1. The van der Waals surface area contributed by atoms with Gasteiger partial charge in [0.15, 0.2) is 24.5 Å². The van der Waals surface area contributed by atoms with E-state index in [-0.39, 0.29) is 0 Å². The maximum absolute atomic E-state index is 13.9. The molecule has 1 aliphatic rings. The lowest BCUT2D eigenvalue weighted by Gasteiger charge is -2.45. The summed E-state index contributed by atoms with van der Waals surface area (Å²) in [6.07, 6.45) is -6.77. The van der Waals surface area contributed by atoms with E-state index in [0.717, 1.165) is 26.3 Å². The summed E-state index contributed by atoms with van der Waals surface area (Å²) < 4.78 is 34.5. The molecule has 0 bridgehead atoms. The third-order valence-corrected chi connectivity index (χ3v) is 6.58. The molecule has 2 aromatic carbocycles. The molecule has 0 radical (unpaired) electrons. The van der Waals surface area contributed by atoms with Crippen molar-refractivity contribution < 1.29 is 47.6 Å². The fourth-order valence-electron chi connectivity index (χ4n) is 4.99. The van der Waals surface area contributed by atoms with Crippen molar-refractivity contribution >= 4 is 34.8 Å². The molecular weight excluding hydrogens is 550 g/mol. The lowest BCUT2D eigenvalue weighted by Crippen LogP contribution is -2.61. The highest BCUT2D eigenvalue weighted by Crippen LogP contribution is 2.37. The number of ether oxygens (including phenoxy) is 6. The van der Waals surface area contributed by atoms with Gasteiger partial charge in [0, 0.05) is 39.1 Å². The predicted octanol–water partition coefficient (Wildman–Crippen LogP) is 2.93. The van der Waals surface area contributed by atoms with E-state index in [1.165, 1.54) is 17.6 Å². The number of carbonyl (C=O) groups is 4. The van der Waals surface area contributed by atoms with E-state index in [1.807, 2.05) is 18.2 Å². The summed E-state index contributed by atoms with van der Waals surface area (Å²) in [5.74, 6) is -2.28. The fourth-order valence-corrected chi connectivity index (χ4v) is 4.99. The van der Waals surface area contributed by atoms with Gasteiger partial charge in [-0.2, -0.15) is 0 Å². The maximum atomic E-state index is 13.9. The Hall–Kier alpha value is -4.71. The number of rotatable bonds is 8. The van der Waals surface area contributed by atoms with E-state index in [0.29, 0.717) is 22.2 Å². The van der Waals surface area contributed by atoms with Crippen molar-refractivity contribution in [3.05, 3.63) is 65.0 Å². The lowest BCUT2D eigenvalue weighted by atomic mass is 9.96. The maximum Gasteiger partial charge on any atom is 0.303 e. The molecule has 0 amide bonds. The van der Waals surface area contributed by atoms with Crippen LogP contribution in [-0.2, 0) is 42.9 Å². The molecule has 0 spiro atoms. The Bertz CT molecular complexity index is 1550. The van der Waals surface area contributed by atoms with E-state index in [4.69, 9.17) is 28.4 Å². The Morgan fingerprint density at radius 1 is 0.786 bits per heavy atom. The highest BCUT2D eigenvalue weighted by Gasteiger charge is 2.53. The zero-order valence-electron chi connectivity index (χ0n) is 23.7. The second-order valence-corrected chi connectivity index (χ2v) is 9.60. The molecule has 1 saturated heterocycles. The summed E-state index contributed by atoms with van der Waals surface area (Å²) in [5, 5.41) is 0.662. The molecule has 0 saturated carbocycles. The van der Waals surface area contributed by atoms with E-state index in [9.17, 15) is 24.0 Å². The first kappa shape index (κ1) is 30.3. The molecule has 5 atom stereocenters. The van der Waals surface area contributed by atoms with Crippen LogP contribution in [0.5, 0.6) is 5.75 Å². The fraction of sp³-hybridized carbons (Fsp3) is 0.367. The van der Waals surface area contributed by atoms with Crippen LogP contribution in [0.1, 0.15) is 33.9 Å². The molecule has 1 fully saturated rings. The summed E-state index contributed by atoms with van der Waals surface area (Å²) in [4.78, 5) is 62.1. The van der Waals surface area contributed by atoms with Crippen LogP contribution in [0.25, 0.3) is 22.0 Å². The second-order valence-electron chi connectivity index (χ2n) is 9.60. The van der Waals surface area contributed by atoms with Crippen molar-refractivity contribution in [3.8, 4) is 16.9 Å². The highest BCUT2D eigenvalue weighted by molar-refractivity contribution is 5.94. The van der Waals surface area contributed by atoms with Gasteiger partial charge in [-0.25, -0.2) is 0 Å². The average Bonchev–Trinajstić information content (AvgIpc) is 2.93. The Kier molecular flexibility index (Phi) is 9.26. The molecule has 0 aliphatic carbocycles. The van der Waals surface area contributed by atoms with Gasteiger partial charge < -0.3 is 28.4 Å². The number of nitrogens with zero attached hydrogens (tertiary/aromatic N) is 1. The van der Waals surface area contributed by atoms with Gasteiger partial charge in [-0.1, -0.05) is 30.3 Å². The minimum Gasteiger partial charge on any atom is -0.497 e. The summed E-state index contributed by atoms with van der Waals surface area (Å²) in [6.45, 7) is 4.18. The molecule has 12 heteroatoms. The van der Waals surface area contributed by atoms with Gasteiger partial charge in [-0.3, -0.25) is 28.5 Å². The van der Waals surface area contributed by atoms with E-state index in [2.05, 4.69) is 0 Å². The van der Waals surface area contributed by atoms with Crippen LogP contribution in [0.3, 0.4) is 0 Å². The zero-order chi connectivity index (χ0) is 30.6. The number of fused-ring (bicyclic) bond motifs is 1. The second kappa shape index (κ2) is 12.9. The number of para-hydroxylation sites is 1. The number of benzene rings is 2. The summed E-state index contributed by atoms with van der Waals surface area (Å²) in [7, 11) is 1.55. The van der Waals surface area contributed by atoms with Gasteiger partial charge in [-0.05, 0) is 29.3 Å². The molecule has 42 heavy (non-hydrogen) atoms. The number of hydrogen-bond donors (Lipinski definition) is 0. The molecular formula is C30H31NO11. The Morgan fingerprint density at radius 2 is 1.38 bits per heavy atom. The summed E-state index contributed by atoms with van der Waals surface area (Å²) in [5.41, 5.74) is 1.26. The zero-order valence-corrected chi connectivity index (χ0v) is 23.7. The molecule has 0 N–H and O–H groups in total. The average molecular weight is 582 g/mol. The lowest BCUT2D eigenvalue weighted by molar-refractivity contribution is -0.268. The standard InChI is InChI=1S/C30H31NO11/c1-16(32)38-15-25-27(39-17(2)33)28(40-18(3)34)29(41-19(4)35)30(42-25)31-24-9-7-6-8-22(24)23(14-26(31)36)20-10-12-21(37-5)13-11-20/h6-14,25,27-30H,15H2,1-5H3/t25-,27-,28+,29+,30-/m1/s1. The molecule has 222 valence electrons. The third-order valence-electron chi connectivity index (χ3n) is 6.58. The van der Waals surface area contributed by atoms with Crippen LogP contribution in [0.4, 0.5) is 0 Å². The van der Waals surface area contributed by atoms with Crippen molar-refractivity contribution in [1.29, 1.82) is 0 Å². The van der Waals surface area contributed by atoms with Crippen LogP contribution in [0.15, 0.2) is 59.4 Å². The van der Waals surface area contributed by atoms with Gasteiger partial charge in [0.25, 0.3) is 5.56 Å². The van der Waals surface area contributed by atoms with Gasteiger partial charge in [-0.15, -0.1) is 0 Å². The van der Waals surface area contributed by atoms with Crippen molar-refractivity contribution in [2.24, 2.45) is 0 Å². The SMILES string of the molecule is COc1ccc(-c2cc(=O)n([C@@H]3O[C@H](COC(C)=O)[C@@H](OC(C)=O)[C@H](OC(C)=O)[C@@H]3OC(C)=O)c3ccccc23)cc1. The molecule has 1 aromatic heterocycles. The molecule has 2 heterocycles. The molecule has 1 aliphatic heterocycles. The quantitative estimate of drug-likeness (QED) is 0.286. The Labute approximate surface area is 241 Å². The van der Waals surface area contributed by atoms with Gasteiger partial charge in [0.2, 0.25) is 0 Å². The van der Waals surface area contributed by atoms with Crippen LogP contribution in [-0.4, -0.2) is 66.6 Å². The van der Waals surface area contributed by atoms with Gasteiger partial charge in [0.05, 0.1) is 12.6 Å². The predicted molar refractivity (Wildman–Crippen MR) is 147 cm³/mol. The van der Waals surface area contributed by atoms with Crippen LogP contribution in [0.2, 0.25) is 0 Å². The normalized spacial score (nSPS) is 21.7. The van der Waals surface area contributed by atoms with Crippen LogP contribution >= 0.6 is 0 Å². The topological polar surface area (TPSA) is 146 Å². The summed E-state index contributed by atoms with van der Waals surface area (Å²) >= 11 is 0. The molecule has 0 unspecified atom stereocenters.